The molecule has 0 aliphatic carbocycles. The normalized spacial score (nSPS) is 19.1. The first-order valence-corrected chi connectivity index (χ1v) is 12.6. The second-order valence-electron chi connectivity index (χ2n) is 11.1. The second-order valence-corrected chi connectivity index (χ2v) is 11.1. The maximum Gasteiger partial charge on any atom is 0.410 e. The van der Waals surface area contributed by atoms with Crippen LogP contribution in [-0.4, -0.2) is 77.6 Å². The third-order valence-corrected chi connectivity index (χ3v) is 7.10. The number of nitrogens with zero attached hydrogens (tertiary/aromatic N) is 3. The fourth-order valence-electron chi connectivity index (χ4n) is 4.82. The highest BCUT2D eigenvalue weighted by molar-refractivity contribution is 5.94. The van der Waals surface area contributed by atoms with Crippen molar-refractivity contribution in [3.63, 3.8) is 0 Å². The summed E-state index contributed by atoms with van der Waals surface area (Å²) in [5.41, 5.74) is 1.65. The summed E-state index contributed by atoms with van der Waals surface area (Å²) in [4.78, 5) is 31.1. The van der Waals surface area contributed by atoms with Crippen LogP contribution in [-0.2, 0) is 11.2 Å². The first-order valence-electron chi connectivity index (χ1n) is 12.6. The molecule has 0 spiro atoms. The standard InChI is InChI=1S/C27H43N3O3/c1-20(2)28(6)25(31)23-9-7-21(8-10-23)19-22-11-15-29(16-12-22)24-13-17-30(18-14-24)26(32)33-27(3,4)5/h7-10,20,22,24H,11-19H2,1-6H3. The van der Waals surface area contributed by atoms with E-state index in [4.69, 9.17) is 4.74 Å². The first-order chi connectivity index (χ1) is 15.5. The maximum absolute atomic E-state index is 12.5. The predicted molar refractivity (Wildman–Crippen MR) is 133 cm³/mol. The molecule has 0 unspecified atom stereocenters. The molecule has 1 aromatic carbocycles. The van der Waals surface area contributed by atoms with Gasteiger partial charge in [-0.05, 0) is 103 Å². The van der Waals surface area contributed by atoms with Gasteiger partial charge in [0.25, 0.3) is 5.91 Å². The van der Waals surface area contributed by atoms with Gasteiger partial charge < -0.3 is 19.4 Å². The average Bonchev–Trinajstić information content (AvgIpc) is 2.78. The van der Waals surface area contributed by atoms with Crippen molar-refractivity contribution in [1.29, 1.82) is 0 Å². The van der Waals surface area contributed by atoms with Crippen LogP contribution in [0.3, 0.4) is 0 Å². The molecule has 0 N–H and O–H groups in total. The molecule has 33 heavy (non-hydrogen) atoms. The largest absolute Gasteiger partial charge is 0.444 e. The van der Waals surface area contributed by atoms with E-state index in [0.717, 1.165) is 51.0 Å². The van der Waals surface area contributed by atoms with Crippen molar-refractivity contribution in [2.75, 3.05) is 33.2 Å². The van der Waals surface area contributed by atoms with Gasteiger partial charge in [-0.1, -0.05) is 12.1 Å². The highest BCUT2D eigenvalue weighted by atomic mass is 16.6. The van der Waals surface area contributed by atoms with Gasteiger partial charge in [0.1, 0.15) is 5.60 Å². The Morgan fingerprint density at radius 2 is 1.58 bits per heavy atom. The lowest BCUT2D eigenvalue weighted by atomic mass is 9.88. The molecule has 2 heterocycles. The molecule has 2 saturated heterocycles. The Morgan fingerprint density at radius 1 is 1.00 bits per heavy atom. The van der Waals surface area contributed by atoms with Crippen LogP contribution >= 0.6 is 0 Å². The van der Waals surface area contributed by atoms with Crippen LogP contribution in [0, 0.1) is 5.92 Å². The van der Waals surface area contributed by atoms with E-state index >= 15 is 0 Å². The Kier molecular flexibility index (Phi) is 8.43. The minimum atomic E-state index is -0.434. The van der Waals surface area contributed by atoms with Gasteiger partial charge in [0.15, 0.2) is 0 Å². The number of carbonyl (C=O) groups is 2. The van der Waals surface area contributed by atoms with Gasteiger partial charge >= 0.3 is 6.09 Å². The van der Waals surface area contributed by atoms with Crippen LogP contribution in [0.25, 0.3) is 0 Å². The summed E-state index contributed by atoms with van der Waals surface area (Å²) in [6.07, 6.45) is 5.39. The van der Waals surface area contributed by atoms with Crippen LogP contribution in [0.5, 0.6) is 0 Å². The molecule has 2 aliphatic heterocycles. The lowest BCUT2D eigenvalue weighted by molar-refractivity contribution is 0.0118. The summed E-state index contributed by atoms with van der Waals surface area (Å²) in [5.74, 6) is 0.783. The summed E-state index contributed by atoms with van der Waals surface area (Å²) >= 11 is 0. The van der Waals surface area contributed by atoms with E-state index in [9.17, 15) is 9.59 Å². The minimum Gasteiger partial charge on any atom is -0.444 e. The number of hydrogen-bond acceptors (Lipinski definition) is 4. The Labute approximate surface area is 200 Å². The summed E-state index contributed by atoms with van der Waals surface area (Å²) in [6, 6.07) is 8.98. The Bertz CT molecular complexity index is 784. The quantitative estimate of drug-likeness (QED) is 0.636. The Morgan fingerprint density at radius 3 is 2.09 bits per heavy atom. The van der Waals surface area contributed by atoms with Gasteiger partial charge in [-0.2, -0.15) is 0 Å². The van der Waals surface area contributed by atoms with Crippen molar-refractivity contribution in [3.8, 4) is 0 Å². The zero-order valence-electron chi connectivity index (χ0n) is 21.5. The molecule has 0 atom stereocenters. The van der Waals surface area contributed by atoms with Crippen LogP contribution in [0.2, 0.25) is 0 Å². The topological polar surface area (TPSA) is 53.1 Å². The number of piperidine rings is 2. The predicted octanol–water partition coefficient (Wildman–Crippen LogP) is 4.82. The molecule has 2 aliphatic rings. The van der Waals surface area contributed by atoms with Gasteiger partial charge in [-0.15, -0.1) is 0 Å². The van der Waals surface area contributed by atoms with Crippen LogP contribution in [0.1, 0.15) is 76.2 Å². The molecule has 2 amide bonds. The average molecular weight is 458 g/mol. The third-order valence-electron chi connectivity index (χ3n) is 7.10. The van der Waals surface area contributed by atoms with Gasteiger partial charge in [0, 0.05) is 37.8 Å². The smallest absolute Gasteiger partial charge is 0.410 e. The summed E-state index contributed by atoms with van der Waals surface area (Å²) in [7, 11) is 1.86. The zero-order valence-corrected chi connectivity index (χ0v) is 21.5. The van der Waals surface area contributed by atoms with Crippen molar-refractivity contribution >= 4 is 12.0 Å². The zero-order chi connectivity index (χ0) is 24.2. The Hall–Kier alpha value is -2.08. The first kappa shape index (κ1) is 25.5. The van der Waals surface area contributed by atoms with E-state index < -0.39 is 5.60 Å². The maximum atomic E-state index is 12.5. The number of ether oxygens (including phenoxy) is 1. The number of likely N-dealkylation sites (tertiary alicyclic amines) is 2. The third kappa shape index (κ3) is 7.20. The van der Waals surface area contributed by atoms with E-state index in [1.165, 1.54) is 18.4 Å². The highest BCUT2D eigenvalue weighted by Gasteiger charge is 2.31. The van der Waals surface area contributed by atoms with Gasteiger partial charge in [-0.3, -0.25) is 4.79 Å². The molecule has 184 valence electrons. The monoisotopic (exact) mass is 457 g/mol. The minimum absolute atomic E-state index is 0.0857. The van der Waals surface area contributed by atoms with Gasteiger partial charge in [0.05, 0.1) is 0 Å². The lowest BCUT2D eigenvalue weighted by Crippen LogP contribution is -2.49. The fourth-order valence-corrected chi connectivity index (χ4v) is 4.82. The molecule has 0 radical (unpaired) electrons. The molecule has 3 rings (SSSR count). The molecule has 0 saturated carbocycles. The van der Waals surface area contributed by atoms with E-state index in [-0.39, 0.29) is 18.0 Å². The summed E-state index contributed by atoms with van der Waals surface area (Å²) < 4.78 is 5.52. The van der Waals surface area contributed by atoms with E-state index in [1.807, 2.05) is 58.7 Å². The molecule has 6 heteroatoms. The van der Waals surface area contributed by atoms with E-state index in [1.54, 1.807) is 4.90 Å². The van der Waals surface area contributed by atoms with Crippen molar-refractivity contribution < 1.29 is 14.3 Å². The number of benzene rings is 1. The van der Waals surface area contributed by atoms with Gasteiger partial charge in [0.2, 0.25) is 0 Å². The highest BCUT2D eigenvalue weighted by Crippen LogP contribution is 2.27. The SMILES string of the molecule is CC(C)N(C)C(=O)c1ccc(CC2CCN(C3CCN(C(=O)OC(C)(C)C)CC3)CC2)cc1. The van der Waals surface area contributed by atoms with Crippen LogP contribution in [0.15, 0.2) is 24.3 Å². The Balaban J connectivity index is 1.42. The van der Waals surface area contributed by atoms with Crippen molar-refractivity contribution in [2.45, 2.75) is 84.4 Å². The second kappa shape index (κ2) is 10.9. The fraction of sp³-hybridized carbons (Fsp3) is 0.704. The molecule has 1 aromatic rings. The lowest BCUT2D eigenvalue weighted by Gasteiger charge is -2.42. The summed E-state index contributed by atoms with van der Waals surface area (Å²) in [5, 5.41) is 0. The summed E-state index contributed by atoms with van der Waals surface area (Å²) in [6.45, 7) is 13.7. The van der Waals surface area contributed by atoms with Gasteiger partial charge in [-0.25, -0.2) is 4.79 Å². The molecule has 0 bridgehead atoms. The molecular formula is C27H43N3O3. The van der Waals surface area contributed by atoms with E-state index in [0.29, 0.717) is 12.0 Å². The molecule has 0 aromatic heterocycles. The van der Waals surface area contributed by atoms with Crippen LogP contribution in [0.4, 0.5) is 4.79 Å². The van der Waals surface area contributed by atoms with Crippen molar-refractivity contribution in [1.82, 2.24) is 14.7 Å². The van der Waals surface area contributed by atoms with Crippen molar-refractivity contribution in [2.24, 2.45) is 5.92 Å². The molecular weight excluding hydrogens is 414 g/mol. The van der Waals surface area contributed by atoms with E-state index in [2.05, 4.69) is 17.0 Å². The number of hydrogen-bond donors (Lipinski definition) is 0. The molecule has 6 nitrogen and oxygen atoms in total. The van der Waals surface area contributed by atoms with Crippen molar-refractivity contribution in [3.05, 3.63) is 35.4 Å². The number of amides is 2. The number of carbonyl (C=O) groups excluding carboxylic acids is 2. The van der Waals surface area contributed by atoms with Crippen LogP contribution < -0.4 is 0 Å². The molecule has 2 fully saturated rings. The number of rotatable bonds is 5.